The molecule has 4 aromatic rings. The normalized spacial score (nSPS) is 13.3. The maximum absolute atomic E-state index is 2.41. The first-order valence-electron chi connectivity index (χ1n) is 8.84. The van der Waals surface area contributed by atoms with Crippen molar-refractivity contribution in [3.8, 4) is 11.1 Å². The van der Waals surface area contributed by atoms with Crippen LogP contribution in [-0.4, -0.2) is 0 Å². The molecule has 0 atom stereocenters. The summed E-state index contributed by atoms with van der Waals surface area (Å²) in [7, 11) is 0. The zero-order valence-electron chi connectivity index (χ0n) is 13.8. The average molecular weight is 316 g/mol. The third kappa shape index (κ3) is 1.77. The first-order valence-corrected chi connectivity index (χ1v) is 8.84. The summed E-state index contributed by atoms with van der Waals surface area (Å²) in [5.41, 5.74) is 8.32. The van der Waals surface area contributed by atoms with E-state index in [2.05, 4.69) is 84.9 Å². The van der Waals surface area contributed by atoms with Crippen LogP contribution in [0.5, 0.6) is 0 Å². The van der Waals surface area contributed by atoms with E-state index in [-0.39, 0.29) is 0 Å². The summed E-state index contributed by atoms with van der Waals surface area (Å²) in [6.07, 6.45) is 5.79. The molecule has 2 aliphatic rings. The fourth-order valence-electron chi connectivity index (χ4n) is 4.44. The van der Waals surface area contributed by atoms with Crippen LogP contribution in [0, 0.1) is 0 Å². The molecule has 0 aromatic heterocycles. The molecule has 0 nitrogen and oxygen atoms in total. The first-order chi connectivity index (χ1) is 12.4. The monoisotopic (exact) mass is 316 g/mol. The van der Waals surface area contributed by atoms with Gasteiger partial charge in [-0.2, -0.15) is 0 Å². The molecule has 0 bridgehead atoms. The molecule has 0 radical (unpaired) electrons. The van der Waals surface area contributed by atoms with Crippen LogP contribution in [0.2, 0.25) is 0 Å². The van der Waals surface area contributed by atoms with Crippen molar-refractivity contribution in [1.82, 2.24) is 0 Å². The average Bonchev–Trinajstić information content (AvgIpc) is 3.05. The topological polar surface area (TPSA) is 0 Å². The third-order valence-electron chi connectivity index (χ3n) is 5.66. The van der Waals surface area contributed by atoms with Gasteiger partial charge in [-0.15, -0.1) is 0 Å². The Morgan fingerprint density at radius 1 is 0.560 bits per heavy atom. The quantitative estimate of drug-likeness (QED) is 0.390. The maximum Gasteiger partial charge on any atom is -0.00134 e. The van der Waals surface area contributed by atoms with Crippen LogP contribution < -0.4 is 10.4 Å². The molecule has 0 unspecified atom stereocenters. The molecule has 0 heterocycles. The highest BCUT2D eigenvalue weighted by Crippen LogP contribution is 2.29. The minimum absolute atomic E-state index is 1.02. The highest BCUT2D eigenvalue weighted by Gasteiger charge is 2.17. The number of hydrogen-bond acceptors (Lipinski definition) is 0. The molecule has 0 fully saturated rings. The predicted octanol–water partition coefficient (Wildman–Crippen LogP) is 4.38. The molecule has 6 rings (SSSR count). The summed E-state index contributed by atoms with van der Waals surface area (Å²) < 4.78 is 0. The summed E-state index contributed by atoms with van der Waals surface area (Å²) >= 11 is 0. The standard InChI is InChI=1S/C25H16/c1-3-7-20-16(5-1)9-10-18-13-19-11-12-22-21-8-4-2-6-17(21)14-25(22)24(19)15-23(18)20/h1-12,14-15H,13H2. The van der Waals surface area contributed by atoms with E-state index in [1.807, 2.05) is 0 Å². The Morgan fingerprint density at radius 3 is 2.40 bits per heavy atom. The van der Waals surface area contributed by atoms with Crippen molar-refractivity contribution < 1.29 is 0 Å². The largest absolute Gasteiger partial charge is 0.0616 e. The van der Waals surface area contributed by atoms with Crippen molar-refractivity contribution in [3.05, 3.63) is 105 Å². The zero-order chi connectivity index (χ0) is 16.4. The Bertz CT molecular complexity index is 1310. The van der Waals surface area contributed by atoms with Crippen molar-refractivity contribution in [1.29, 1.82) is 0 Å². The van der Waals surface area contributed by atoms with Crippen LogP contribution in [0.1, 0.15) is 22.3 Å². The summed E-state index contributed by atoms with van der Waals surface area (Å²) in [4.78, 5) is 0. The van der Waals surface area contributed by atoms with Crippen LogP contribution in [0.25, 0.3) is 34.1 Å². The molecule has 116 valence electrons. The van der Waals surface area contributed by atoms with E-state index >= 15 is 0 Å². The van der Waals surface area contributed by atoms with Crippen LogP contribution in [-0.2, 0) is 6.42 Å². The van der Waals surface area contributed by atoms with Crippen LogP contribution in [0.3, 0.4) is 0 Å². The highest BCUT2D eigenvalue weighted by atomic mass is 14.2. The lowest BCUT2D eigenvalue weighted by molar-refractivity contribution is 1.14. The van der Waals surface area contributed by atoms with Crippen LogP contribution >= 0.6 is 0 Å². The Hall–Kier alpha value is -3.12. The van der Waals surface area contributed by atoms with E-state index in [9.17, 15) is 0 Å². The summed E-state index contributed by atoms with van der Waals surface area (Å²) in [5, 5.41) is 5.47. The minimum Gasteiger partial charge on any atom is -0.0616 e. The third-order valence-corrected chi connectivity index (χ3v) is 5.66. The fraction of sp³-hybridized carbons (Fsp3) is 0.0400. The smallest absolute Gasteiger partial charge is 0.00134 e. The lowest BCUT2D eigenvalue weighted by Crippen LogP contribution is -2.31. The Morgan fingerprint density at radius 2 is 1.40 bits per heavy atom. The fourth-order valence-corrected chi connectivity index (χ4v) is 4.44. The lowest BCUT2D eigenvalue weighted by Gasteiger charge is -2.16. The van der Waals surface area contributed by atoms with Gasteiger partial charge in [-0.05, 0) is 73.2 Å². The van der Waals surface area contributed by atoms with Gasteiger partial charge in [0.25, 0.3) is 0 Å². The molecule has 0 heteroatoms. The number of fused-ring (bicyclic) bond motifs is 8. The summed E-state index contributed by atoms with van der Waals surface area (Å²) in [5.74, 6) is 0. The first kappa shape index (κ1) is 13.2. The predicted molar refractivity (Wildman–Crippen MR) is 105 cm³/mol. The van der Waals surface area contributed by atoms with E-state index in [0.717, 1.165) is 6.42 Å². The molecular weight excluding hydrogens is 300 g/mol. The Balaban J connectivity index is 1.74. The summed E-state index contributed by atoms with van der Waals surface area (Å²) in [6.45, 7) is 0. The van der Waals surface area contributed by atoms with Gasteiger partial charge < -0.3 is 0 Å². The molecule has 25 heavy (non-hydrogen) atoms. The molecule has 0 saturated carbocycles. The van der Waals surface area contributed by atoms with E-state index in [4.69, 9.17) is 0 Å². The number of benzene rings is 4. The van der Waals surface area contributed by atoms with Crippen molar-refractivity contribution >= 4 is 22.9 Å². The Labute approximate surface area is 146 Å². The van der Waals surface area contributed by atoms with E-state index in [1.165, 1.54) is 54.6 Å². The SMILES string of the molecule is C1=c2c(ccc3c2=Cc2ccccc2-3)Cc2ccc3ccccc3c21. The zero-order valence-corrected chi connectivity index (χ0v) is 13.8. The van der Waals surface area contributed by atoms with Crippen molar-refractivity contribution in [2.75, 3.05) is 0 Å². The molecule has 0 saturated heterocycles. The van der Waals surface area contributed by atoms with Gasteiger partial charge in [0.2, 0.25) is 0 Å². The molecular formula is C25H16. The second-order valence-corrected chi connectivity index (χ2v) is 7.01. The van der Waals surface area contributed by atoms with Gasteiger partial charge in [0.15, 0.2) is 0 Å². The van der Waals surface area contributed by atoms with Gasteiger partial charge in [-0.1, -0.05) is 72.8 Å². The maximum atomic E-state index is 2.41. The van der Waals surface area contributed by atoms with Gasteiger partial charge >= 0.3 is 0 Å². The number of hydrogen-bond donors (Lipinski definition) is 0. The van der Waals surface area contributed by atoms with Gasteiger partial charge in [-0.3, -0.25) is 0 Å². The van der Waals surface area contributed by atoms with Gasteiger partial charge in [0.05, 0.1) is 0 Å². The van der Waals surface area contributed by atoms with Crippen molar-refractivity contribution in [2.24, 2.45) is 0 Å². The molecule has 2 aliphatic carbocycles. The van der Waals surface area contributed by atoms with Crippen molar-refractivity contribution in [2.45, 2.75) is 6.42 Å². The second-order valence-electron chi connectivity index (χ2n) is 7.01. The van der Waals surface area contributed by atoms with Gasteiger partial charge in [0.1, 0.15) is 0 Å². The molecule has 0 amide bonds. The van der Waals surface area contributed by atoms with E-state index in [1.54, 1.807) is 0 Å². The highest BCUT2D eigenvalue weighted by molar-refractivity contribution is 5.93. The van der Waals surface area contributed by atoms with Crippen LogP contribution in [0.15, 0.2) is 72.8 Å². The summed E-state index contributed by atoms with van der Waals surface area (Å²) in [6, 6.07) is 26.6. The van der Waals surface area contributed by atoms with Crippen molar-refractivity contribution in [3.63, 3.8) is 0 Å². The second kappa shape index (κ2) is 4.70. The molecule has 0 spiro atoms. The lowest BCUT2D eigenvalue weighted by atomic mass is 9.87. The molecule has 0 aliphatic heterocycles. The molecule has 0 N–H and O–H groups in total. The van der Waals surface area contributed by atoms with Crippen LogP contribution in [0.4, 0.5) is 0 Å². The van der Waals surface area contributed by atoms with Gasteiger partial charge in [0, 0.05) is 0 Å². The minimum atomic E-state index is 1.02. The van der Waals surface area contributed by atoms with E-state index < -0.39 is 0 Å². The number of rotatable bonds is 0. The Kier molecular flexibility index (Phi) is 2.48. The van der Waals surface area contributed by atoms with E-state index in [0.29, 0.717) is 0 Å². The van der Waals surface area contributed by atoms with Gasteiger partial charge in [-0.25, -0.2) is 0 Å². The molecule has 4 aromatic carbocycles.